The van der Waals surface area contributed by atoms with Crippen molar-refractivity contribution in [2.45, 2.75) is 20.4 Å². The summed E-state index contributed by atoms with van der Waals surface area (Å²) in [5.41, 5.74) is 3.71. The van der Waals surface area contributed by atoms with Crippen molar-refractivity contribution in [1.29, 1.82) is 0 Å². The Kier molecular flexibility index (Phi) is 5.04. The number of benzene rings is 1. The van der Waals surface area contributed by atoms with Crippen molar-refractivity contribution in [1.82, 2.24) is 0 Å². The molecule has 0 saturated heterocycles. The monoisotopic (exact) mass is 327 g/mol. The number of aromatic nitrogens is 1. The summed E-state index contributed by atoms with van der Waals surface area (Å²) in [6.07, 6.45) is 0. The number of thiazole rings is 1. The summed E-state index contributed by atoms with van der Waals surface area (Å²) in [7, 11) is 0. The molecular formula is C13H14BrNO2S. The summed E-state index contributed by atoms with van der Waals surface area (Å²) < 4.78 is 1.95. The van der Waals surface area contributed by atoms with E-state index in [2.05, 4.69) is 0 Å². The number of halogens is 1. The van der Waals surface area contributed by atoms with Crippen LogP contribution < -0.4 is 21.5 Å². The zero-order chi connectivity index (χ0) is 12.4. The Hall–Kier alpha value is -1.20. The lowest BCUT2D eigenvalue weighted by Gasteiger charge is -1.98. The fourth-order valence-electron chi connectivity index (χ4n) is 1.56. The molecule has 2 aromatic rings. The molecule has 1 heterocycles. The number of hydrogen-bond donors (Lipinski definition) is 1. The minimum Gasteiger partial charge on any atom is -1.00 e. The first-order valence-corrected chi connectivity index (χ1v) is 6.22. The number of carbonyl (C=O) groups excluding carboxylic acids is 1. The highest BCUT2D eigenvalue weighted by Gasteiger charge is 2.17. The van der Waals surface area contributed by atoms with Gasteiger partial charge in [-0.15, -0.1) is 0 Å². The highest BCUT2D eigenvalue weighted by Crippen LogP contribution is 2.11. The maximum Gasteiger partial charge on any atom is 0.227 e. The van der Waals surface area contributed by atoms with Gasteiger partial charge in [-0.25, -0.2) is 0 Å². The number of nitrogens with zero attached hydrogens (tertiary/aromatic N) is 1. The molecule has 0 saturated carbocycles. The molecule has 0 aliphatic heterocycles. The summed E-state index contributed by atoms with van der Waals surface area (Å²) in [4.78, 5) is 13.2. The number of aryl methyl sites for hydroxylation is 1. The second-order valence-electron chi connectivity index (χ2n) is 3.96. The van der Waals surface area contributed by atoms with Gasteiger partial charge in [0.15, 0.2) is 5.69 Å². The van der Waals surface area contributed by atoms with Crippen LogP contribution in [0.3, 0.4) is 0 Å². The van der Waals surface area contributed by atoms with Crippen LogP contribution in [0.15, 0.2) is 29.8 Å². The van der Waals surface area contributed by atoms with Crippen LogP contribution in [0.4, 0.5) is 0 Å². The van der Waals surface area contributed by atoms with Crippen molar-refractivity contribution in [3.63, 3.8) is 0 Å². The molecule has 5 heteroatoms. The average molecular weight is 328 g/mol. The van der Waals surface area contributed by atoms with E-state index >= 15 is 0 Å². The average Bonchev–Trinajstić information content (AvgIpc) is 2.62. The predicted octanol–water partition coefficient (Wildman–Crippen LogP) is -0.755. The molecule has 1 aromatic heterocycles. The molecule has 2 rings (SSSR count). The maximum absolute atomic E-state index is 12.0. The first-order chi connectivity index (χ1) is 8.08. The van der Waals surface area contributed by atoms with E-state index in [1.54, 1.807) is 23.5 Å². The van der Waals surface area contributed by atoms with Crippen LogP contribution >= 0.6 is 11.3 Å². The maximum atomic E-state index is 12.0. The van der Waals surface area contributed by atoms with E-state index in [0.717, 1.165) is 5.69 Å². The van der Waals surface area contributed by atoms with Gasteiger partial charge in [-0.3, -0.25) is 4.79 Å². The van der Waals surface area contributed by atoms with Gasteiger partial charge >= 0.3 is 0 Å². The molecule has 0 radical (unpaired) electrons. The summed E-state index contributed by atoms with van der Waals surface area (Å²) in [5.74, 6) is 0.229. The van der Waals surface area contributed by atoms with Crippen molar-refractivity contribution in [3.8, 4) is 5.75 Å². The Labute approximate surface area is 120 Å². The fraction of sp³-hybridized carbons (Fsp3) is 0.231. The molecule has 0 amide bonds. The number of rotatable bonds is 3. The smallest absolute Gasteiger partial charge is 0.227 e. The number of aromatic hydroxyl groups is 1. The summed E-state index contributed by atoms with van der Waals surface area (Å²) in [6.45, 7) is 4.40. The minimum absolute atomic E-state index is 0. The second-order valence-corrected chi connectivity index (χ2v) is 5.02. The van der Waals surface area contributed by atoms with Crippen LogP contribution in [-0.4, -0.2) is 10.9 Å². The van der Waals surface area contributed by atoms with E-state index in [4.69, 9.17) is 5.11 Å². The molecular weight excluding hydrogens is 314 g/mol. The molecule has 0 aliphatic carbocycles. The highest BCUT2D eigenvalue weighted by atomic mass is 79.9. The van der Waals surface area contributed by atoms with Crippen molar-refractivity contribution in [2.75, 3.05) is 0 Å². The predicted molar refractivity (Wildman–Crippen MR) is 66.4 cm³/mol. The van der Waals surface area contributed by atoms with Crippen LogP contribution in [0.25, 0.3) is 0 Å². The Balaban J connectivity index is 0.00000162. The van der Waals surface area contributed by atoms with E-state index in [0.29, 0.717) is 12.1 Å². The lowest BCUT2D eigenvalue weighted by Crippen LogP contribution is -3.00. The van der Waals surface area contributed by atoms with E-state index in [1.807, 2.05) is 23.9 Å². The third-order valence-corrected chi connectivity index (χ3v) is 3.81. The van der Waals surface area contributed by atoms with E-state index in [9.17, 15) is 4.79 Å². The van der Waals surface area contributed by atoms with Crippen molar-refractivity contribution >= 4 is 17.1 Å². The number of Topliss-reactive ketones (excluding diaryl/α,β-unsaturated/α-hetero) is 1. The molecule has 0 unspecified atom stereocenters. The Bertz CT molecular complexity index is 549. The summed E-state index contributed by atoms with van der Waals surface area (Å²) >= 11 is 1.64. The van der Waals surface area contributed by atoms with Gasteiger partial charge in [-0.2, -0.15) is 4.57 Å². The van der Waals surface area contributed by atoms with Gasteiger partial charge in [-0.05, 0) is 31.2 Å². The molecule has 1 aromatic carbocycles. The van der Waals surface area contributed by atoms with Crippen LogP contribution in [0.5, 0.6) is 5.75 Å². The summed E-state index contributed by atoms with van der Waals surface area (Å²) in [6, 6.07) is 6.35. The largest absolute Gasteiger partial charge is 1.00 e. The molecule has 3 nitrogen and oxygen atoms in total. The SMILES string of the molecule is Cc1sc[n+](CC(=O)c2ccc(O)cc2)c1C.[Br-]. The van der Waals surface area contributed by atoms with E-state index in [1.165, 1.54) is 17.0 Å². The normalized spacial score (nSPS) is 9.89. The Morgan fingerprint density at radius 3 is 2.39 bits per heavy atom. The molecule has 0 atom stereocenters. The van der Waals surface area contributed by atoms with Crippen LogP contribution in [0.2, 0.25) is 0 Å². The van der Waals surface area contributed by atoms with Gasteiger partial charge in [0.25, 0.3) is 0 Å². The van der Waals surface area contributed by atoms with E-state index in [-0.39, 0.29) is 28.5 Å². The molecule has 96 valence electrons. The minimum atomic E-state index is 0. The standard InChI is InChI=1S/C13H13NO2S.BrH/c1-9-10(2)17-8-14(9)7-13(16)11-3-5-12(15)6-4-11;/h3-6,8H,7H2,1-2H3;1H. The topological polar surface area (TPSA) is 41.2 Å². The van der Waals surface area contributed by atoms with Crippen molar-refractivity contribution in [3.05, 3.63) is 45.9 Å². The second kappa shape index (κ2) is 6.11. The first kappa shape index (κ1) is 14.9. The van der Waals surface area contributed by atoms with Gasteiger partial charge in [0.1, 0.15) is 5.75 Å². The van der Waals surface area contributed by atoms with Crippen LogP contribution in [-0.2, 0) is 6.54 Å². The molecule has 1 N–H and O–H groups in total. The fourth-order valence-corrected chi connectivity index (χ4v) is 2.36. The highest BCUT2D eigenvalue weighted by molar-refractivity contribution is 7.09. The van der Waals surface area contributed by atoms with Crippen molar-refractivity contribution < 1.29 is 31.4 Å². The van der Waals surface area contributed by atoms with Crippen molar-refractivity contribution in [2.24, 2.45) is 0 Å². The third kappa shape index (κ3) is 3.17. The third-order valence-electron chi connectivity index (χ3n) is 2.80. The molecule has 0 spiro atoms. The van der Waals surface area contributed by atoms with Crippen LogP contribution in [0, 0.1) is 13.8 Å². The van der Waals surface area contributed by atoms with Gasteiger partial charge in [0, 0.05) is 12.5 Å². The van der Waals surface area contributed by atoms with Gasteiger partial charge in [0.2, 0.25) is 17.8 Å². The molecule has 0 fully saturated rings. The number of ketones is 1. The van der Waals surface area contributed by atoms with Gasteiger partial charge in [-0.1, -0.05) is 11.3 Å². The number of carbonyl (C=O) groups is 1. The number of phenolic OH excluding ortho intramolecular Hbond substituents is 1. The summed E-state index contributed by atoms with van der Waals surface area (Å²) in [5, 5.41) is 9.16. The van der Waals surface area contributed by atoms with Gasteiger partial charge < -0.3 is 22.1 Å². The number of hydrogen-bond acceptors (Lipinski definition) is 3. The number of phenols is 1. The molecule has 0 aliphatic rings. The Morgan fingerprint density at radius 1 is 1.28 bits per heavy atom. The first-order valence-electron chi connectivity index (χ1n) is 5.34. The van der Waals surface area contributed by atoms with Gasteiger partial charge in [0.05, 0.1) is 4.88 Å². The zero-order valence-electron chi connectivity index (χ0n) is 10.2. The zero-order valence-corrected chi connectivity index (χ0v) is 12.6. The lowest BCUT2D eigenvalue weighted by atomic mass is 10.1. The van der Waals surface area contributed by atoms with Crippen LogP contribution in [0.1, 0.15) is 20.9 Å². The lowest BCUT2D eigenvalue weighted by molar-refractivity contribution is -0.684. The molecule has 18 heavy (non-hydrogen) atoms. The quantitative estimate of drug-likeness (QED) is 0.595. The Morgan fingerprint density at radius 2 is 1.89 bits per heavy atom. The molecule has 0 bridgehead atoms. The van der Waals surface area contributed by atoms with E-state index < -0.39 is 0 Å².